The molecule has 0 aliphatic rings. The van der Waals surface area contributed by atoms with E-state index in [-0.39, 0.29) is 11.5 Å². The van der Waals surface area contributed by atoms with E-state index >= 15 is 0 Å². The van der Waals surface area contributed by atoms with Crippen LogP contribution in [0.25, 0.3) is 0 Å². The Bertz CT molecular complexity index is 645. The molecular formula is C18H24N4O2. The molecule has 1 aromatic carbocycles. The molecule has 6 nitrogen and oxygen atoms in total. The monoisotopic (exact) mass is 328 g/mol. The lowest BCUT2D eigenvalue weighted by Crippen LogP contribution is -2.21. The van der Waals surface area contributed by atoms with E-state index in [4.69, 9.17) is 0 Å². The van der Waals surface area contributed by atoms with Crippen LogP contribution >= 0.6 is 0 Å². The number of hydrogen-bond acceptors (Lipinski definition) is 4. The molecule has 0 bridgehead atoms. The minimum absolute atomic E-state index is 0.0105. The fourth-order valence-electron chi connectivity index (χ4n) is 2.20. The third-order valence-electron chi connectivity index (χ3n) is 3.50. The molecule has 1 aromatic rings. The topological polar surface area (TPSA) is 94.0 Å². The van der Waals surface area contributed by atoms with Crippen molar-refractivity contribution in [1.82, 2.24) is 10.6 Å². The fourth-order valence-corrected chi connectivity index (χ4v) is 2.20. The average Bonchev–Trinajstić information content (AvgIpc) is 2.55. The predicted molar refractivity (Wildman–Crippen MR) is 94.3 cm³/mol. The normalized spacial score (nSPS) is 10.9. The van der Waals surface area contributed by atoms with Crippen LogP contribution in [0.5, 0.6) is 0 Å². The summed E-state index contributed by atoms with van der Waals surface area (Å²) < 4.78 is 0. The standard InChI is InChI=1S/C18H24N4O2/c1-13(2)16-7-4-6-14(3)17(16)22-18(24)15(10-19)11-20-8-5-9-21-12-23/h4,6-7,11-13,20H,5,8-9H2,1-3H3,(H,21,23)(H,22,24)/b15-11-. The molecule has 0 saturated heterocycles. The molecule has 1 rings (SSSR count). The Morgan fingerprint density at radius 1 is 1.29 bits per heavy atom. The Morgan fingerprint density at radius 3 is 2.62 bits per heavy atom. The third kappa shape index (κ3) is 5.76. The van der Waals surface area contributed by atoms with Crippen molar-refractivity contribution in [1.29, 1.82) is 5.26 Å². The summed E-state index contributed by atoms with van der Waals surface area (Å²) in [5, 5.41) is 17.5. The highest BCUT2D eigenvalue weighted by atomic mass is 16.1. The maximum atomic E-state index is 12.3. The second kappa shape index (κ2) is 10.1. The summed E-state index contributed by atoms with van der Waals surface area (Å²) in [5.41, 5.74) is 2.76. The zero-order valence-corrected chi connectivity index (χ0v) is 14.3. The van der Waals surface area contributed by atoms with Gasteiger partial charge in [-0.15, -0.1) is 0 Å². The SMILES string of the molecule is Cc1cccc(C(C)C)c1NC(=O)/C(C#N)=C\NCCCNC=O. The van der Waals surface area contributed by atoms with Gasteiger partial charge in [-0.1, -0.05) is 32.0 Å². The van der Waals surface area contributed by atoms with E-state index in [9.17, 15) is 14.9 Å². The summed E-state index contributed by atoms with van der Waals surface area (Å²) in [6, 6.07) is 7.76. The summed E-state index contributed by atoms with van der Waals surface area (Å²) in [4.78, 5) is 22.5. The molecule has 0 unspecified atom stereocenters. The largest absolute Gasteiger partial charge is 0.390 e. The summed E-state index contributed by atoms with van der Waals surface area (Å²) in [6.45, 7) is 7.14. The van der Waals surface area contributed by atoms with Gasteiger partial charge in [0.15, 0.2) is 0 Å². The zero-order chi connectivity index (χ0) is 17.9. The first-order valence-corrected chi connectivity index (χ1v) is 7.92. The van der Waals surface area contributed by atoms with E-state index in [1.165, 1.54) is 6.20 Å². The van der Waals surface area contributed by atoms with Gasteiger partial charge in [0.2, 0.25) is 6.41 Å². The van der Waals surface area contributed by atoms with Gasteiger partial charge in [0.25, 0.3) is 5.91 Å². The molecule has 0 heterocycles. The second-order valence-corrected chi connectivity index (χ2v) is 5.70. The highest BCUT2D eigenvalue weighted by molar-refractivity contribution is 6.07. The van der Waals surface area contributed by atoms with E-state index in [0.29, 0.717) is 25.9 Å². The van der Waals surface area contributed by atoms with Crippen LogP contribution in [-0.4, -0.2) is 25.4 Å². The number of para-hydroxylation sites is 1. The minimum Gasteiger partial charge on any atom is -0.390 e. The molecule has 0 atom stereocenters. The molecule has 0 spiro atoms. The first-order chi connectivity index (χ1) is 11.5. The van der Waals surface area contributed by atoms with Crippen LogP contribution in [0.2, 0.25) is 0 Å². The Morgan fingerprint density at radius 2 is 2.00 bits per heavy atom. The van der Waals surface area contributed by atoms with Crippen LogP contribution < -0.4 is 16.0 Å². The third-order valence-corrected chi connectivity index (χ3v) is 3.50. The molecule has 3 N–H and O–H groups in total. The number of benzene rings is 1. The molecule has 24 heavy (non-hydrogen) atoms. The number of aryl methyl sites for hydroxylation is 1. The van der Waals surface area contributed by atoms with Crippen molar-refractivity contribution < 1.29 is 9.59 Å². The highest BCUT2D eigenvalue weighted by Gasteiger charge is 2.14. The first kappa shape index (κ1) is 19.2. The van der Waals surface area contributed by atoms with Crippen molar-refractivity contribution in [3.8, 4) is 6.07 Å². The van der Waals surface area contributed by atoms with Gasteiger partial charge in [-0.05, 0) is 30.4 Å². The summed E-state index contributed by atoms with van der Waals surface area (Å²) in [5.74, 6) is -0.176. The van der Waals surface area contributed by atoms with Crippen LogP contribution in [0.1, 0.15) is 37.3 Å². The van der Waals surface area contributed by atoms with Gasteiger partial charge in [-0.2, -0.15) is 5.26 Å². The van der Waals surface area contributed by atoms with Crippen LogP contribution in [-0.2, 0) is 9.59 Å². The lowest BCUT2D eigenvalue weighted by Gasteiger charge is -2.16. The number of nitrogens with one attached hydrogen (secondary N) is 3. The Kier molecular flexibility index (Phi) is 8.06. The number of carbonyl (C=O) groups is 2. The van der Waals surface area contributed by atoms with E-state index in [0.717, 1.165) is 16.8 Å². The molecule has 0 aromatic heterocycles. The number of rotatable bonds is 9. The molecule has 0 saturated carbocycles. The lowest BCUT2D eigenvalue weighted by molar-refractivity contribution is -0.112. The number of nitriles is 1. The van der Waals surface area contributed by atoms with Crippen LogP contribution in [0, 0.1) is 18.3 Å². The fraction of sp³-hybridized carbons (Fsp3) is 0.389. The van der Waals surface area contributed by atoms with Crippen LogP contribution in [0.3, 0.4) is 0 Å². The number of hydrogen-bond donors (Lipinski definition) is 3. The second-order valence-electron chi connectivity index (χ2n) is 5.70. The minimum atomic E-state index is -0.438. The Balaban J connectivity index is 2.75. The van der Waals surface area contributed by atoms with Gasteiger partial charge >= 0.3 is 0 Å². The number of anilines is 1. The van der Waals surface area contributed by atoms with Gasteiger partial charge in [0.1, 0.15) is 11.6 Å². The van der Waals surface area contributed by atoms with Crippen molar-refractivity contribution in [2.45, 2.75) is 33.1 Å². The van der Waals surface area contributed by atoms with E-state index in [1.54, 1.807) is 0 Å². The summed E-state index contributed by atoms with van der Waals surface area (Å²) in [6.07, 6.45) is 2.74. The van der Waals surface area contributed by atoms with Gasteiger partial charge in [0.05, 0.1) is 0 Å². The molecule has 0 aliphatic carbocycles. The molecular weight excluding hydrogens is 304 g/mol. The maximum Gasteiger partial charge on any atom is 0.267 e. The quantitative estimate of drug-likeness (QED) is 0.280. The number of nitrogens with zero attached hydrogens (tertiary/aromatic N) is 1. The van der Waals surface area contributed by atoms with Crippen LogP contribution in [0.15, 0.2) is 30.0 Å². The smallest absolute Gasteiger partial charge is 0.267 e. The van der Waals surface area contributed by atoms with Gasteiger partial charge < -0.3 is 16.0 Å². The van der Waals surface area contributed by atoms with E-state index < -0.39 is 5.91 Å². The summed E-state index contributed by atoms with van der Waals surface area (Å²) >= 11 is 0. The van der Waals surface area contributed by atoms with Gasteiger partial charge in [-0.25, -0.2) is 0 Å². The lowest BCUT2D eigenvalue weighted by atomic mass is 9.98. The van der Waals surface area contributed by atoms with E-state index in [1.807, 2.05) is 31.2 Å². The summed E-state index contributed by atoms with van der Waals surface area (Å²) in [7, 11) is 0. The molecule has 0 aliphatic heterocycles. The number of carbonyl (C=O) groups excluding carboxylic acids is 2. The zero-order valence-electron chi connectivity index (χ0n) is 14.3. The first-order valence-electron chi connectivity index (χ1n) is 7.92. The van der Waals surface area contributed by atoms with Crippen molar-refractivity contribution in [3.05, 3.63) is 41.1 Å². The van der Waals surface area contributed by atoms with Crippen LogP contribution in [0.4, 0.5) is 5.69 Å². The molecule has 0 radical (unpaired) electrons. The number of amides is 2. The van der Waals surface area contributed by atoms with Crippen molar-refractivity contribution >= 4 is 18.0 Å². The Labute approximate surface area is 142 Å². The average molecular weight is 328 g/mol. The highest BCUT2D eigenvalue weighted by Crippen LogP contribution is 2.27. The molecule has 128 valence electrons. The van der Waals surface area contributed by atoms with Crippen molar-refractivity contribution in [2.24, 2.45) is 0 Å². The Hall–Kier alpha value is -2.81. The van der Waals surface area contributed by atoms with E-state index in [2.05, 4.69) is 29.8 Å². The maximum absolute atomic E-state index is 12.3. The van der Waals surface area contributed by atoms with Crippen molar-refractivity contribution in [2.75, 3.05) is 18.4 Å². The molecule has 2 amide bonds. The van der Waals surface area contributed by atoms with Gasteiger partial charge in [-0.3, -0.25) is 9.59 Å². The molecule has 6 heteroatoms. The molecule has 0 fully saturated rings. The predicted octanol–water partition coefficient (Wildman–Crippen LogP) is 2.19. The van der Waals surface area contributed by atoms with Gasteiger partial charge in [0, 0.05) is 25.0 Å². The van der Waals surface area contributed by atoms with Crippen molar-refractivity contribution in [3.63, 3.8) is 0 Å².